The molecule has 1 aliphatic rings. The van der Waals surface area contributed by atoms with Crippen LogP contribution in [-0.2, 0) is 9.84 Å². The number of aromatic nitrogens is 2. The molecule has 1 aliphatic carbocycles. The fourth-order valence-corrected chi connectivity index (χ4v) is 3.34. The van der Waals surface area contributed by atoms with Crippen molar-refractivity contribution >= 4 is 14.6 Å². The first kappa shape index (κ1) is 16.3. The summed E-state index contributed by atoms with van der Waals surface area (Å²) in [6.45, 7) is 11.9. The maximum atomic E-state index is 10.9. The van der Waals surface area contributed by atoms with E-state index in [0.717, 1.165) is 25.0 Å². The zero-order chi connectivity index (χ0) is 15.7. The van der Waals surface area contributed by atoms with Gasteiger partial charge in [-0.2, -0.15) is 0 Å². The number of aldehydes is 1. The van der Waals surface area contributed by atoms with E-state index in [9.17, 15) is 4.79 Å². The van der Waals surface area contributed by atoms with Crippen molar-refractivity contribution in [1.29, 1.82) is 0 Å². The van der Waals surface area contributed by atoms with E-state index in [1.807, 2.05) is 0 Å². The second-order valence-electron chi connectivity index (χ2n) is 7.61. The Labute approximate surface area is 128 Å². The number of rotatable bonds is 5. The van der Waals surface area contributed by atoms with E-state index >= 15 is 0 Å². The Morgan fingerprint density at radius 3 is 2.52 bits per heavy atom. The highest BCUT2D eigenvalue weighted by molar-refractivity contribution is 6.74. The molecule has 1 heterocycles. The molecular formula is C16H26N2O2Si. The van der Waals surface area contributed by atoms with Gasteiger partial charge in [0.25, 0.3) is 0 Å². The van der Waals surface area contributed by atoms with E-state index in [1.165, 1.54) is 6.42 Å². The maximum absolute atomic E-state index is 10.9. The molecule has 2 rings (SSSR count). The normalized spacial score (nSPS) is 18.1. The number of nitrogens with zero attached hydrogens (tertiary/aromatic N) is 2. The molecule has 116 valence electrons. The molecule has 0 atom stereocenters. The highest BCUT2D eigenvalue weighted by Gasteiger charge is 2.45. The summed E-state index contributed by atoms with van der Waals surface area (Å²) in [5.41, 5.74) is 0.368. The molecule has 1 fully saturated rings. The van der Waals surface area contributed by atoms with Crippen molar-refractivity contribution in [2.24, 2.45) is 0 Å². The molecule has 0 bridgehead atoms. The van der Waals surface area contributed by atoms with Crippen LogP contribution in [0.4, 0.5) is 0 Å². The summed E-state index contributed by atoms with van der Waals surface area (Å²) in [5, 5.41) is 0.198. The SMILES string of the molecule is CC(C)(C)[Si](C)(C)OCC1(c2nccc(C=O)n2)CCC1. The molecule has 0 unspecified atom stereocenters. The van der Waals surface area contributed by atoms with E-state index in [-0.39, 0.29) is 10.5 Å². The lowest BCUT2D eigenvalue weighted by atomic mass is 9.68. The van der Waals surface area contributed by atoms with Gasteiger partial charge in [0.15, 0.2) is 14.6 Å². The topological polar surface area (TPSA) is 52.1 Å². The fourth-order valence-electron chi connectivity index (χ4n) is 2.26. The van der Waals surface area contributed by atoms with Gasteiger partial charge in [-0.1, -0.05) is 27.2 Å². The molecule has 1 aromatic heterocycles. The van der Waals surface area contributed by atoms with Gasteiger partial charge in [-0.25, -0.2) is 9.97 Å². The Bertz CT molecular complexity index is 519. The first-order valence-corrected chi connectivity index (χ1v) is 10.5. The van der Waals surface area contributed by atoms with E-state index < -0.39 is 8.32 Å². The van der Waals surface area contributed by atoms with Crippen LogP contribution in [0.3, 0.4) is 0 Å². The van der Waals surface area contributed by atoms with Crippen molar-refractivity contribution in [3.63, 3.8) is 0 Å². The van der Waals surface area contributed by atoms with Gasteiger partial charge in [0, 0.05) is 12.8 Å². The third-order valence-corrected chi connectivity index (χ3v) is 9.58. The predicted octanol–water partition coefficient (Wildman–Crippen LogP) is 3.73. The second kappa shape index (κ2) is 5.61. The molecule has 0 radical (unpaired) electrons. The smallest absolute Gasteiger partial charge is 0.192 e. The van der Waals surface area contributed by atoms with Crippen LogP contribution in [0.1, 0.15) is 56.3 Å². The summed E-state index contributed by atoms with van der Waals surface area (Å²) < 4.78 is 6.40. The minimum atomic E-state index is -1.78. The maximum Gasteiger partial charge on any atom is 0.192 e. The molecule has 1 saturated carbocycles. The minimum Gasteiger partial charge on any atom is -0.416 e. The lowest BCUT2D eigenvalue weighted by Gasteiger charge is -2.44. The molecule has 4 nitrogen and oxygen atoms in total. The third kappa shape index (κ3) is 3.24. The van der Waals surface area contributed by atoms with Crippen LogP contribution in [0.25, 0.3) is 0 Å². The molecule has 0 amide bonds. The van der Waals surface area contributed by atoms with Crippen LogP contribution in [0.15, 0.2) is 12.3 Å². The van der Waals surface area contributed by atoms with Crippen LogP contribution in [0.2, 0.25) is 18.1 Å². The summed E-state index contributed by atoms with van der Waals surface area (Å²) in [6, 6.07) is 1.65. The van der Waals surface area contributed by atoms with Gasteiger partial charge in [0.05, 0.1) is 5.41 Å². The lowest BCUT2D eigenvalue weighted by Crippen LogP contribution is -2.48. The van der Waals surface area contributed by atoms with Crippen molar-refractivity contribution in [3.05, 3.63) is 23.8 Å². The Morgan fingerprint density at radius 2 is 2.05 bits per heavy atom. The highest BCUT2D eigenvalue weighted by Crippen LogP contribution is 2.45. The Hall–Kier alpha value is -1.07. The van der Waals surface area contributed by atoms with E-state index in [2.05, 4.69) is 43.8 Å². The number of carbonyl (C=O) groups excluding carboxylic acids is 1. The Balaban J connectivity index is 2.17. The zero-order valence-electron chi connectivity index (χ0n) is 13.8. The van der Waals surface area contributed by atoms with Gasteiger partial charge in [0.1, 0.15) is 11.5 Å². The van der Waals surface area contributed by atoms with Crippen LogP contribution < -0.4 is 0 Å². The minimum absolute atomic E-state index is 0.0887. The Morgan fingerprint density at radius 1 is 1.38 bits per heavy atom. The van der Waals surface area contributed by atoms with Gasteiger partial charge in [0.2, 0.25) is 0 Å². The fraction of sp³-hybridized carbons (Fsp3) is 0.688. The van der Waals surface area contributed by atoms with Crippen molar-refractivity contribution in [3.8, 4) is 0 Å². The molecule has 0 spiro atoms. The monoisotopic (exact) mass is 306 g/mol. The first-order valence-electron chi connectivity index (χ1n) is 7.63. The number of carbonyl (C=O) groups is 1. The van der Waals surface area contributed by atoms with Crippen LogP contribution in [0.5, 0.6) is 0 Å². The van der Waals surface area contributed by atoms with E-state index in [1.54, 1.807) is 12.3 Å². The zero-order valence-corrected chi connectivity index (χ0v) is 14.8. The standard InChI is InChI=1S/C16H26N2O2Si/c1-15(2,3)21(4,5)20-12-16(8-6-9-16)14-17-10-7-13(11-19)18-14/h7,10-11H,6,8-9,12H2,1-5H3. The summed E-state index contributed by atoms with van der Waals surface area (Å²) in [4.78, 5) is 19.7. The quantitative estimate of drug-likeness (QED) is 0.614. The van der Waals surface area contributed by atoms with Gasteiger partial charge in [-0.3, -0.25) is 4.79 Å². The Kier molecular flexibility index (Phi) is 4.35. The van der Waals surface area contributed by atoms with Gasteiger partial charge >= 0.3 is 0 Å². The van der Waals surface area contributed by atoms with E-state index in [4.69, 9.17) is 4.43 Å². The summed E-state index contributed by atoms with van der Waals surface area (Å²) in [6.07, 6.45) is 5.73. The summed E-state index contributed by atoms with van der Waals surface area (Å²) in [5.74, 6) is 0.775. The molecule has 5 heteroatoms. The van der Waals surface area contributed by atoms with Gasteiger partial charge in [-0.05, 0) is 37.0 Å². The van der Waals surface area contributed by atoms with Crippen LogP contribution >= 0.6 is 0 Å². The number of hydrogen-bond donors (Lipinski definition) is 0. The van der Waals surface area contributed by atoms with Crippen molar-refractivity contribution in [2.45, 2.75) is 63.6 Å². The second-order valence-corrected chi connectivity index (χ2v) is 12.4. The molecule has 21 heavy (non-hydrogen) atoms. The van der Waals surface area contributed by atoms with Gasteiger partial charge < -0.3 is 4.43 Å². The van der Waals surface area contributed by atoms with Crippen LogP contribution in [0, 0.1) is 0 Å². The molecule has 0 saturated heterocycles. The molecular weight excluding hydrogens is 280 g/mol. The average Bonchev–Trinajstić information content (AvgIpc) is 2.36. The van der Waals surface area contributed by atoms with Crippen molar-refractivity contribution in [2.75, 3.05) is 6.61 Å². The van der Waals surface area contributed by atoms with Gasteiger partial charge in [-0.15, -0.1) is 0 Å². The number of hydrogen-bond acceptors (Lipinski definition) is 4. The summed E-state index contributed by atoms with van der Waals surface area (Å²) >= 11 is 0. The first-order chi connectivity index (χ1) is 9.70. The summed E-state index contributed by atoms with van der Waals surface area (Å²) in [7, 11) is -1.78. The highest BCUT2D eigenvalue weighted by atomic mass is 28.4. The third-order valence-electron chi connectivity index (χ3n) is 5.10. The molecule has 1 aromatic rings. The molecule has 0 aromatic carbocycles. The van der Waals surface area contributed by atoms with Crippen LogP contribution in [-0.4, -0.2) is 31.2 Å². The largest absolute Gasteiger partial charge is 0.416 e. The van der Waals surface area contributed by atoms with E-state index in [0.29, 0.717) is 12.3 Å². The lowest BCUT2D eigenvalue weighted by molar-refractivity contribution is 0.110. The molecule has 0 N–H and O–H groups in total. The molecule has 0 aliphatic heterocycles. The predicted molar refractivity (Wildman–Crippen MR) is 86.1 cm³/mol. The van der Waals surface area contributed by atoms with Crippen molar-refractivity contribution in [1.82, 2.24) is 9.97 Å². The van der Waals surface area contributed by atoms with Crippen molar-refractivity contribution < 1.29 is 9.22 Å². The average molecular weight is 306 g/mol.